The third kappa shape index (κ3) is 2.81. The van der Waals surface area contributed by atoms with Crippen molar-refractivity contribution >= 4 is 17.4 Å². The van der Waals surface area contributed by atoms with Gasteiger partial charge in [0.05, 0.1) is 17.3 Å². The van der Waals surface area contributed by atoms with E-state index in [1.54, 1.807) is 0 Å². The molecule has 26 heavy (non-hydrogen) atoms. The van der Waals surface area contributed by atoms with Crippen LogP contribution in [0, 0.1) is 19.8 Å². The Labute approximate surface area is 152 Å². The highest BCUT2D eigenvalue weighted by molar-refractivity contribution is 5.78. The predicted octanol–water partition coefficient (Wildman–Crippen LogP) is 3.08. The largest absolute Gasteiger partial charge is 0.369 e. The molecule has 2 heterocycles. The molecule has 4 rings (SSSR count). The van der Waals surface area contributed by atoms with Crippen LogP contribution in [0.4, 0.5) is 5.82 Å². The summed E-state index contributed by atoms with van der Waals surface area (Å²) in [6, 6.07) is 12.1. The van der Waals surface area contributed by atoms with Crippen molar-refractivity contribution in [2.75, 3.05) is 5.32 Å². The summed E-state index contributed by atoms with van der Waals surface area (Å²) in [5.41, 5.74) is 10.4. The molecular weight excluding hydrogens is 326 g/mol. The van der Waals surface area contributed by atoms with Gasteiger partial charge in [-0.25, -0.2) is 4.98 Å². The van der Waals surface area contributed by atoms with E-state index in [0.717, 1.165) is 53.2 Å². The van der Waals surface area contributed by atoms with Crippen LogP contribution in [0.2, 0.25) is 0 Å². The standard InChI is InChI=1S/C20H23N5O/c1-12-13(2)24-25-18(22-16-10-6-9-15(16)19(21)26)11-17(23-20(12)25)14-7-4-3-5-8-14/h3-5,7-8,11,15-16,22H,6,9-10H2,1-2H3,(H2,21,26)/t15-,16+/m0/s1. The molecule has 2 atom stereocenters. The van der Waals surface area contributed by atoms with Gasteiger partial charge in [-0.15, -0.1) is 0 Å². The van der Waals surface area contributed by atoms with Crippen molar-refractivity contribution in [3.8, 4) is 11.3 Å². The number of amides is 1. The van der Waals surface area contributed by atoms with Gasteiger partial charge in [0.2, 0.25) is 5.91 Å². The first-order valence-electron chi connectivity index (χ1n) is 9.03. The minimum absolute atomic E-state index is 0.0338. The summed E-state index contributed by atoms with van der Waals surface area (Å²) < 4.78 is 1.84. The van der Waals surface area contributed by atoms with E-state index in [4.69, 9.17) is 10.7 Å². The molecule has 3 N–H and O–H groups in total. The average molecular weight is 349 g/mol. The molecule has 0 aliphatic heterocycles. The smallest absolute Gasteiger partial charge is 0.222 e. The number of nitrogens with one attached hydrogen (secondary N) is 1. The molecule has 0 saturated heterocycles. The topological polar surface area (TPSA) is 85.3 Å². The second-order valence-electron chi connectivity index (χ2n) is 7.03. The van der Waals surface area contributed by atoms with Crippen molar-refractivity contribution in [3.05, 3.63) is 47.7 Å². The van der Waals surface area contributed by atoms with Gasteiger partial charge in [-0.1, -0.05) is 36.8 Å². The van der Waals surface area contributed by atoms with Crippen LogP contribution in [0.15, 0.2) is 36.4 Å². The van der Waals surface area contributed by atoms with Gasteiger partial charge in [-0.3, -0.25) is 4.79 Å². The van der Waals surface area contributed by atoms with Crippen LogP contribution in [0.5, 0.6) is 0 Å². The molecule has 1 amide bonds. The molecule has 0 unspecified atom stereocenters. The van der Waals surface area contributed by atoms with E-state index in [1.165, 1.54) is 0 Å². The number of carbonyl (C=O) groups excluding carboxylic acids is 1. The van der Waals surface area contributed by atoms with Gasteiger partial charge in [-0.05, 0) is 26.7 Å². The van der Waals surface area contributed by atoms with Crippen molar-refractivity contribution in [3.63, 3.8) is 0 Å². The quantitative estimate of drug-likeness (QED) is 0.758. The van der Waals surface area contributed by atoms with Crippen molar-refractivity contribution < 1.29 is 4.79 Å². The third-order valence-electron chi connectivity index (χ3n) is 5.34. The van der Waals surface area contributed by atoms with Gasteiger partial charge in [0.25, 0.3) is 0 Å². The fraction of sp³-hybridized carbons (Fsp3) is 0.350. The van der Waals surface area contributed by atoms with Gasteiger partial charge in [0.15, 0.2) is 5.65 Å². The first kappa shape index (κ1) is 16.6. The van der Waals surface area contributed by atoms with E-state index in [1.807, 2.05) is 54.8 Å². The SMILES string of the molecule is Cc1nn2c(N[C@@H]3CCC[C@@H]3C(N)=O)cc(-c3ccccc3)nc2c1C. The number of carbonyl (C=O) groups is 1. The van der Waals surface area contributed by atoms with Crippen LogP contribution in [0.1, 0.15) is 30.5 Å². The summed E-state index contributed by atoms with van der Waals surface area (Å²) in [4.78, 5) is 16.6. The molecule has 0 bridgehead atoms. The van der Waals surface area contributed by atoms with E-state index in [2.05, 4.69) is 10.4 Å². The second kappa shape index (κ2) is 6.44. The number of fused-ring (bicyclic) bond motifs is 1. The summed E-state index contributed by atoms with van der Waals surface area (Å²) >= 11 is 0. The molecule has 3 aromatic rings. The number of rotatable bonds is 4. The van der Waals surface area contributed by atoms with Gasteiger partial charge >= 0.3 is 0 Å². The van der Waals surface area contributed by atoms with Gasteiger partial charge in [0.1, 0.15) is 5.82 Å². The Morgan fingerprint density at radius 1 is 1.23 bits per heavy atom. The highest BCUT2D eigenvalue weighted by Crippen LogP contribution is 2.30. The van der Waals surface area contributed by atoms with Crippen molar-refractivity contribution in [1.82, 2.24) is 14.6 Å². The number of hydrogen-bond donors (Lipinski definition) is 2. The van der Waals surface area contributed by atoms with Crippen LogP contribution >= 0.6 is 0 Å². The van der Waals surface area contributed by atoms with Gasteiger partial charge in [-0.2, -0.15) is 9.61 Å². The molecule has 0 radical (unpaired) electrons. The zero-order chi connectivity index (χ0) is 18.3. The third-order valence-corrected chi connectivity index (χ3v) is 5.34. The number of nitrogens with zero attached hydrogens (tertiary/aromatic N) is 3. The number of hydrogen-bond acceptors (Lipinski definition) is 4. The number of primary amides is 1. The number of benzene rings is 1. The average Bonchev–Trinajstić information content (AvgIpc) is 3.21. The van der Waals surface area contributed by atoms with E-state index in [-0.39, 0.29) is 17.9 Å². The number of aryl methyl sites for hydroxylation is 2. The molecule has 134 valence electrons. The first-order valence-corrected chi connectivity index (χ1v) is 9.03. The molecule has 6 nitrogen and oxygen atoms in total. The van der Waals surface area contributed by atoms with E-state index < -0.39 is 0 Å². The Hall–Kier alpha value is -2.89. The lowest BCUT2D eigenvalue weighted by Crippen LogP contribution is -2.34. The zero-order valence-electron chi connectivity index (χ0n) is 15.1. The molecule has 1 fully saturated rings. The maximum atomic E-state index is 11.8. The Bertz CT molecular complexity index is 963. The lowest BCUT2D eigenvalue weighted by Gasteiger charge is -2.20. The fourth-order valence-corrected chi connectivity index (χ4v) is 3.75. The summed E-state index contributed by atoms with van der Waals surface area (Å²) in [7, 11) is 0. The highest BCUT2D eigenvalue weighted by Gasteiger charge is 2.32. The Morgan fingerprint density at radius 3 is 2.73 bits per heavy atom. The lowest BCUT2D eigenvalue weighted by atomic mass is 10.0. The van der Waals surface area contributed by atoms with E-state index in [9.17, 15) is 4.79 Å². The fourth-order valence-electron chi connectivity index (χ4n) is 3.75. The number of nitrogens with two attached hydrogens (primary N) is 1. The molecular formula is C20H23N5O. The van der Waals surface area contributed by atoms with E-state index in [0.29, 0.717) is 0 Å². The van der Waals surface area contributed by atoms with Crippen molar-refractivity contribution in [2.45, 2.75) is 39.2 Å². The molecule has 1 aliphatic carbocycles. The molecule has 1 saturated carbocycles. The number of anilines is 1. The molecule has 0 spiro atoms. The Morgan fingerprint density at radius 2 is 2.00 bits per heavy atom. The highest BCUT2D eigenvalue weighted by atomic mass is 16.1. The monoisotopic (exact) mass is 349 g/mol. The van der Waals surface area contributed by atoms with Crippen LogP contribution < -0.4 is 11.1 Å². The van der Waals surface area contributed by atoms with Gasteiger partial charge in [0, 0.05) is 23.2 Å². The predicted molar refractivity (Wildman–Crippen MR) is 102 cm³/mol. The van der Waals surface area contributed by atoms with Gasteiger partial charge < -0.3 is 11.1 Å². The first-order chi connectivity index (χ1) is 12.5. The van der Waals surface area contributed by atoms with Crippen LogP contribution in [-0.4, -0.2) is 26.5 Å². The van der Waals surface area contributed by atoms with Crippen molar-refractivity contribution in [2.24, 2.45) is 11.7 Å². The van der Waals surface area contributed by atoms with Crippen LogP contribution in [0.3, 0.4) is 0 Å². The summed E-state index contributed by atoms with van der Waals surface area (Å²) in [6.07, 6.45) is 2.77. The lowest BCUT2D eigenvalue weighted by molar-refractivity contribution is -0.121. The molecule has 1 aliphatic rings. The minimum atomic E-state index is -0.235. The zero-order valence-corrected chi connectivity index (χ0v) is 15.1. The maximum absolute atomic E-state index is 11.8. The summed E-state index contributed by atoms with van der Waals surface area (Å²) in [5.74, 6) is 0.473. The Kier molecular flexibility index (Phi) is 4.11. The second-order valence-corrected chi connectivity index (χ2v) is 7.03. The van der Waals surface area contributed by atoms with E-state index >= 15 is 0 Å². The Balaban J connectivity index is 1.82. The number of aromatic nitrogens is 3. The summed E-state index contributed by atoms with van der Waals surface area (Å²) in [6.45, 7) is 4.02. The normalized spacial score (nSPS) is 19.8. The molecule has 6 heteroatoms. The molecule has 2 aromatic heterocycles. The van der Waals surface area contributed by atoms with Crippen LogP contribution in [-0.2, 0) is 4.79 Å². The summed E-state index contributed by atoms with van der Waals surface area (Å²) in [5, 5.41) is 8.16. The maximum Gasteiger partial charge on any atom is 0.222 e. The molecule has 1 aromatic carbocycles. The van der Waals surface area contributed by atoms with Crippen molar-refractivity contribution in [1.29, 1.82) is 0 Å². The minimum Gasteiger partial charge on any atom is -0.369 e. The van der Waals surface area contributed by atoms with Crippen LogP contribution in [0.25, 0.3) is 16.9 Å².